The zero-order valence-corrected chi connectivity index (χ0v) is 16.2. The molecule has 0 spiro atoms. The third kappa shape index (κ3) is 5.09. The van der Waals surface area contributed by atoms with Gasteiger partial charge in [-0.05, 0) is 32.8 Å². The molecule has 0 atom stereocenters. The average molecular weight is 369 g/mol. The zero-order chi connectivity index (χ0) is 16.8. The van der Waals surface area contributed by atoms with Crippen LogP contribution in [0.1, 0.15) is 56.1 Å². The van der Waals surface area contributed by atoms with Crippen molar-refractivity contribution >= 4 is 24.0 Å². The van der Waals surface area contributed by atoms with E-state index in [4.69, 9.17) is 11.6 Å². The van der Waals surface area contributed by atoms with E-state index in [1.54, 1.807) is 13.1 Å². The summed E-state index contributed by atoms with van der Waals surface area (Å²) in [5, 5.41) is 0.255. The lowest BCUT2D eigenvalue weighted by atomic mass is 10.0. The van der Waals surface area contributed by atoms with E-state index >= 15 is 0 Å². The zero-order valence-electron chi connectivity index (χ0n) is 14.6. The molecule has 0 saturated carbocycles. The molecule has 0 aliphatic rings. The number of pyridine rings is 2. The second-order valence-electron chi connectivity index (χ2n) is 6.10. The van der Waals surface area contributed by atoms with Crippen molar-refractivity contribution in [3.63, 3.8) is 0 Å². The number of halogens is 2. The lowest BCUT2D eigenvalue weighted by Crippen LogP contribution is -2.11. The minimum absolute atomic E-state index is 0. The molecule has 0 aromatic carbocycles. The van der Waals surface area contributed by atoms with Crippen LogP contribution < -0.4 is 5.43 Å². The highest BCUT2D eigenvalue weighted by Crippen LogP contribution is 2.21. The lowest BCUT2D eigenvalue weighted by molar-refractivity contribution is 0.628. The molecule has 5 heteroatoms. The van der Waals surface area contributed by atoms with Crippen molar-refractivity contribution in [2.45, 2.75) is 59.3 Å². The van der Waals surface area contributed by atoms with Crippen molar-refractivity contribution < 1.29 is 0 Å². The van der Waals surface area contributed by atoms with E-state index in [2.05, 4.69) is 16.9 Å². The lowest BCUT2D eigenvalue weighted by Gasteiger charge is -2.09. The van der Waals surface area contributed by atoms with Gasteiger partial charge in [0.05, 0.1) is 5.56 Å². The van der Waals surface area contributed by atoms with Crippen LogP contribution in [0.25, 0.3) is 11.1 Å². The van der Waals surface area contributed by atoms with Gasteiger partial charge in [0.25, 0.3) is 0 Å². The van der Waals surface area contributed by atoms with Crippen LogP contribution in [0.2, 0.25) is 5.02 Å². The number of unbranched alkanes of at least 4 members (excludes halogenated alkanes) is 4. The summed E-state index contributed by atoms with van der Waals surface area (Å²) in [4.78, 5) is 20.1. The van der Waals surface area contributed by atoms with Crippen LogP contribution in [0.15, 0.2) is 23.1 Å². The molecule has 0 aliphatic heterocycles. The maximum absolute atomic E-state index is 12.4. The topological polar surface area (TPSA) is 45.8 Å². The SMILES string of the molecule is CCCCCCCc1ccc(-c2c(C)[nH]c(C)c(Cl)c2=O)cn1.Cl. The first kappa shape index (κ1) is 20.7. The molecule has 132 valence electrons. The molecule has 1 N–H and O–H groups in total. The normalized spacial score (nSPS) is 10.5. The minimum atomic E-state index is -0.130. The molecule has 0 amide bonds. The number of H-pyrrole nitrogens is 1. The molecular formula is C19H26Cl2N2O. The number of aryl methyl sites for hydroxylation is 3. The van der Waals surface area contributed by atoms with Gasteiger partial charge in [0.15, 0.2) is 0 Å². The molecule has 0 aliphatic carbocycles. The Labute approximate surface area is 155 Å². The number of aromatic nitrogens is 2. The van der Waals surface area contributed by atoms with Gasteiger partial charge in [-0.3, -0.25) is 9.78 Å². The molecule has 2 heterocycles. The first-order valence-electron chi connectivity index (χ1n) is 8.38. The van der Waals surface area contributed by atoms with Gasteiger partial charge in [-0.2, -0.15) is 0 Å². The number of nitrogens with zero attached hydrogens (tertiary/aromatic N) is 1. The number of hydrogen-bond acceptors (Lipinski definition) is 2. The first-order chi connectivity index (χ1) is 11.0. The largest absolute Gasteiger partial charge is 0.361 e. The van der Waals surface area contributed by atoms with Gasteiger partial charge in [0, 0.05) is 28.8 Å². The Hall–Kier alpha value is -1.32. The Balaban J connectivity index is 0.00000288. The highest BCUT2D eigenvalue weighted by atomic mass is 35.5. The third-order valence-corrected chi connectivity index (χ3v) is 4.61. The molecule has 0 radical (unpaired) electrons. The van der Waals surface area contributed by atoms with Crippen molar-refractivity contribution in [2.75, 3.05) is 0 Å². The average Bonchev–Trinajstić information content (AvgIpc) is 2.54. The number of nitrogens with one attached hydrogen (secondary N) is 1. The van der Waals surface area contributed by atoms with Gasteiger partial charge < -0.3 is 4.98 Å². The van der Waals surface area contributed by atoms with E-state index in [0.29, 0.717) is 11.3 Å². The summed E-state index contributed by atoms with van der Waals surface area (Å²) in [6, 6.07) is 3.99. The summed E-state index contributed by atoms with van der Waals surface area (Å²) in [6.45, 7) is 5.92. The van der Waals surface area contributed by atoms with E-state index in [-0.39, 0.29) is 22.9 Å². The fourth-order valence-electron chi connectivity index (χ4n) is 2.83. The van der Waals surface area contributed by atoms with E-state index in [9.17, 15) is 4.79 Å². The summed E-state index contributed by atoms with van der Waals surface area (Å²) in [5.74, 6) is 0. The molecule has 0 fully saturated rings. The van der Waals surface area contributed by atoms with E-state index in [0.717, 1.165) is 23.4 Å². The predicted octanol–water partition coefficient (Wildman–Crippen LogP) is 5.64. The van der Waals surface area contributed by atoms with Crippen LogP contribution in [0.4, 0.5) is 0 Å². The molecular weight excluding hydrogens is 343 g/mol. The van der Waals surface area contributed by atoms with Crippen LogP contribution >= 0.6 is 24.0 Å². The molecule has 24 heavy (non-hydrogen) atoms. The molecule has 2 aromatic heterocycles. The quantitative estimate of drug-likeness (QED) is 0.642. The van der Waals surface area contributed by atoms with E-state index in [1.807, 2.05) is 19.1 Å². The maximum Gasteiger partial charge on any atom is 0.208 e. The van der Waals surface area contributed by atoms with Gasteiger partial charge >= 0.3 is 0 Å². The Bertz CT molecular complexity index is 709. The van der Waals surface area contributed by atoms with Crippen LogP contribution in [-0.4, -0.2) is 9.97 Å². The predicted molar refractivity (Wildman–Crippen MR) is 104 cm³/mol. The Morgan fingerprint density at radius 3 is 2.42 bits per heavy atom. The van der Waals surface area contributed by atoms with Gasteiger partial charge in [-0.1, -0.05) is 50.3 Å². The number of rotatable bonds is 7. The molecule has 0 bridgehead atoms. The third-order valence-electron chi connectivity index (χ3n) is 4.16. The Morgan fingerprint density at radius 1 is 1.08 bits per heavy atom. The smallest absolute Gasteiger partial charge is 0.208 e. The van der Waals surface area contributed by atoms with Gasteiger partial charge in [-0.15, -0.1) is 12.4 Å². The van der Waals surface area contributed by atoms with Crippen molar-refractivity contribution in [3.05, 3.63) is 50.7 Å². The van der Waals surface area contributed by atoms with Crippen LogP contribution in [0, 0.1) is 13.8 Å². The summed E-state index contributed by atoms with van der Waals surface area (Å²) in [7, 11) is 0. The van der Waals surface area contributed by atoms with Crippen molar-refractivity contribution in [1.82, 2.24) is 9.97 Å². The van der Waals surface area contributed by atoms with Crippen molar-refractivity contribution in [1.29, 1.82) is 0 Å². The fourth-order valence-corrected chi connectivity index (χ4v) is 2.97. The van der Waals surface area contributed by atoms with Gasteiger partial charge in [0.2, 0.25) is 5.43 Å². The van der Waals surface area contributed by atoms with Gasteiger partial charge in [-0.25, -0.2) is 0 Å². The van der Waals surface area contributed by atoms with Crippen molar-refractivity contribution in [2.24, 2.45) is 0 Å². The van der Waals surface area contributed by atoms with Crippen molar-refractivity contribution in [3.8, 4) is 11.1 Å². The molecule has 2 rings (SSSR count). The van der Waals surface area contributed by atoms with Crippen LogP contribution in [0.5, 0.6) is 0 Å². The number of hydrogen-bond donors (Lipinski definition) is 1. The molecule has 2 aromatic rings. The summed E-state index contributed by atoms with van der Waals surface area (Å²) < 4.78 is 0. The Morgan fingerprint density at radius 2 is 1.79 bits per heavy atom. The Kier molecular flexibility index (Phi) is 8.51. The first-order valence-corrected chi connectivity index (χ1v) is 8.76. The second kappa shape index (κ2) is 9.85. The minimum Gasteiger partial charge on any atom is -0.361 e. The second-order valence-corrected chi connectivity index (χ2v) is 6.47. The summed E-state index contributed by atoms with van der Waals surface area (Å²) >= 11 is 6.08. The summed E-state index contributed by atoms with van der Waals surface area (Å²) in [5.41, 5.74) is 3.91. The molecule has 0 unspecified atom stereocenters. The molecule has 3 nitrogen and oxygen atoms in total. The highest BCUT2D eigenvalue weighted by Gasteiger charge is 2.13. The number of aromatic amines is 1. The van der Waals surface area contributed by atoms with E-state index in [1.165, 1.54) is 32.1 Å². The fraction of sp³-hybridized carbons (Fsp3) is 0.474. The van der Waals surface area contributed by atoms with Crippen LogP contribution in [-0.2, 0) is 6.42 Å². The standard InChI is InChI=1S/C19H25ClN2O.ClH/c1-4-5-6-7-8-9-16-11-10-15(12-21-16)17-13(2)22-14(3)18(20)19(17)23;/h10-12H,4-9H2,1-3H3,(H,22,23);1H. The monoisotopic (exact) mass is 368 g/mol. The maximum atomic E-state index is 12.4. The van der Waals surface area contributed by atoms with Crippen LogP contribution in [0.3, 0.4) is 0 Å². The summed E-state index contributed by atoms with van der Waals surface area (Å²) in [6.07, 6.45) is 9.07. The highest BCUT2D eigenvalue weighted by molar-refractivity contribution is 6.31. The van der Waals surface area contributed by atoms with E-state index < -0.39 is 0 Å². The molecule has 0 saturated heterocycles. The van der Waals surface area contributed by atoms with Gasteiger partial charge in [0.1, 0.15) is 5.02 Å².